The molecule has 2 rings (SSSR count). The highest BCUT2D eigenvalue weighted by Gasteiger charge is 2.03. The Morgan fingerprint density at radius 2 is 2.15 bits per heavy atom. The molecule has 1 aromatic carbocycles. The molecule has 0 amide bonds. The Kier molecular flexibility index (Phi) is 2.14. The Labute approximate surface area is 88.8 Å². The van der Waals surface area contributed by atoms with E-state index in [1.807, 2.05) is 24.3 Å². The van der Waals surface area contributed by atoms with Gasteiger partial charge in [-0.05, 0) is 34.1 Å². The van der Waals surface area contributed by atoms with Crippen LogP contribution in [-0.2, 0) is 0 Å². The molecule has 0 saturated carbocycles. The maximum absolute atomic E-state index is 5.98. The number of pyridine rings is 1. The first-order valence-corrected chi connectivity index (χ1v) is 4.86. The van der Waals surface area contributed by atoms with Crippen molar-refractivity contribution in [3.8, 4) is 0 Å². The van der Waals surface area contributed by atoms with Crippen molar-refractivity contribution in [2.24, 2.45) is 0 Å². The third-order valence-electron chi connectivity index (χ3n) is 1.79. The van der Waals surface area contributed by atoms with Gasteiger partial charge in [-0.1, -0.05) is 17.7 Å². The molecule has 0 aliphatic heterocycles. The second-order valence-electron chi connectivity index (χ2n) is 2.66. The van der Waals surface area contributed by atoms with Crippen LogP contribution in [0.1, 0.15) is 0 Å². The zero-order chi connectivity index (χ0) is 9.42. The van der Waals surface area contributed by atoms with Crippen LogP contribution in [0.15, 0.2) is 28.7 Å². The molecule has 13 heavy (non-hydrogen) atoms. The molecule has 0 saturated heterocycles. The van der Waals surface area contributed by atoms with E-state index >= 15 is 0 Å². The number of rotatable bonds is 0. The second-order valence-corrected chi connectivity index (χ2v) is 3.92. The summed E-state index contributed by atoms with van der Waals surface area (Å²) in [5.41, 5.74) is 6.45. The van der Waals surface area contributed by atoms with Gasteiger partial charge in [0.1, 0.15) is 5.82 Å². The second kappa shape index (κ2) is 3.16. The molecule has 4 heteroatoms. The standard InChI is InChI=1S/C9H6BrClN2/c10-6-4-5-7(11)2-1-3-8(5)13-9(6)12/h1-4H,(H2,12,13). The van der Waals surface area contributed by atoms with E-state index in [4.69, 9.17) is 17.3 Å². The van der Waals surface area contributed by atoms with E-state index < -0.39 is 0 Å². The van der Waals surface area contributed by atoms with Crippen molar-refractivity contribution in [1.29, 1.82) is 0 Å². The van der Waals surface area contributed by atoms with E-state index in [0.29, 0.717) is 10.8 Å². The largest absolute Gasteiger partial charge is 0.383 e. The number of benzene rings is 1. The summed E-state index contributed by atoms with van der Waals surface area (Å²) >= 11 is 9.28. The number of nitrogens with zero attached hydrogens (tertiary/aromatic N) is 1. The first-order chi connectivity index (χ1) is 6.18. The highest BCUT2D eigenvalue weighted by molar-refractivity contribution is 9.10. The predicted octanol–water partition coefficient (Wildman–Crippen LogP) is 3.23. The molecule has 0 bridgehead atoms. The number of nitrogens with two attached hydrogens (primary N) is 1. The average Bonchev–Trinajstić information content (AvgIpc) is 2.09. The van der Waals surface area contributed by atoms with E-state index in [2.05, 4.69) is 20.9 Å². The van der Waals surface area contributed by atoms with Crippen LogP contribution in [-0.4, -0.2) is 4.98 Å². The zero-order valence-electron chi connectivity index (χ0n) is 6.59. The number of aromatic nitrogens is 1. The summed E-state index contributed by atoms with van der Waals surface area (Å²) in [6.07, 6.45) is 0. The van der Waals surface area contributed by atoms with Gasteiger partial charge in [0, 0.05) is 5.39 Å². The third-order valence-corrected chi connectivity index (χ3v) is 2.75. The van der Waals surface area contributed by atoms with Gasteiger partial charge in [-0.15, -0.1) is 0 Å². The molecule has 2 aromatic rings. The molecule has 2 nitrogen and oxygen atoms in total. The molecule has 0 fully saturated rings. The van der Waals surface area contributed by atoms with Gasteiger partial charge in [-0.25, -0.2) is 4.98 Å². The SMILES string of the molecule is Nc1nc2cccc(Cl)c2cc1Br. The molecule has 0 aliphatic rings. The Balaban J connectivity index is 2.89. The number of nitrogen functional groups attached to an aromatic ring is 1. The van der Waals surface area contributed by atoms with Gasteiger partial charge in [-0.2, -0.15) is 0 Å². The first-order valence-electron chi connectivity index (χ1n) is 3.69. The highest BCUT2D eigenvalue weighted by Crippen LogP contribution is 2.27. The van der Waals surface area contributed by atoms with Crippen LogP contribution in [0.5, 0.6) is 0 Å². The molecule has 1 heterocycles. The zero-order valence-corrected chi connectivity index (χ0v) is 8.93. The van der Waals surface area contributed by atoms with Crippen molar-refractivity contribution in [1.82, 2.24) is 4.98 Å². The molecule has 0 radical (unpaired) electrons. The molecule has 2 N–H and O–H groups in total. The molecular weight excluding hydrogens is 251 g/mol. The summed E-state index contributed by atoms with van der Waals surface area (Å²) in [4.78, 5) is 4.18. The number of hydrogen-bond acceptors (Lipinski definition) is 2. The lowest BCUT2D eigenvalue weighted by molar-refractivity contribution is 1.39. The lowest BCUT2D eigenvalue weighted by atomic mass is 10.2. The molecular formula is C9H6BrClN2. The minimum absolute atomic E-state index is 0.481. The van der Waals surface area contributed by atoms with Crippen LogP contribution in [0.25, 0.3) is 10.9 Å². The molecule has 0 atom stereocenters. The summed E-state index contributed by atoms with van der Waals surface area (Å²) in [6, 6.07) is 7.43. The van der Waals surface area contributed by atoms with Crippen molar-refractivity contribution < 1.29 is 0 Å². The van der Waals surface area contributed by atoms with Gasteiger partial charge < -0.3 is 5.73 Å². The van der Waals surface area contributed by atoms with Crippen molar-refractivity contribution in [2.45, 2.75) is 0 Å². The van der Waals surface area contributed by atoms with E-state index in [1.54, 1.807) is 0 Å². The van der Waals surface area contributed by atoms with Gasteiger partial charge in [0.15, 0.2) is 0 Å². The van der Waals surface area contributed by atoms with E-state index in [9.17, 15) is 0 Å². The topological polar surface area (TPSA) is 38.9 Å². The third kappa shape index (κ3) is 1.49. The summed E-state index contributed by atoms with van der Waals surface area (Å²) in [7, 11) is 0. The lowest BCUT2D eigenvalue weighted by Crippen LogP contribution is -1.91. The molecule has 0 unspecified atom stereocenters. The molecule has 0 aliphatic carbocycles. The summed E-state index contributed by atoms with van der Waals surface area (Å²) in [6.45, 7) is 0. The van der Waals surface area contributed by atoms with Gasteiger partial charge in [0.05, 0.1) is 15.0 Å². The van der Waals surface area contributed by atoms with Crippen LogP contribution in [0.3, 0.4) is 0 Å². The van der Waals surface area contributed by atoms with Gasteiger partial charge in [-0.3, -0.25) is 0 Å². The summed E-state index contributed by atoms with van der Waals surface area (Å²) in [5, 5.41) is 1.59. The first kappa shape index (κ1) is 8.78. The Hall–Kier alpha value is -0.800. The fourth-order valence-corrected chi connectivity index (χ4v) is 1.69. The van der Waals surface area contributed by atoms with Crippen LogP contribution in [0.4, 0.5) is 5.82 Å². The fraction of sp³-hybridized carbons (Fsp3) is 0. The van der Waals surface area contributed by atoms with Crippen LogP contribution in [0, 0.1) is 0 Å². The van der Waals surface area contributed by atoms with E-state index in [1.165, 1.54) is 0 Å². The average molecular weight is 258 g/mol. The van der Waals surface area contributed by atoms with Gasteiger partial charge in [0.2, 0.25) is 0 Å². The molecule has 0 spiro atoms. The Morgan fingerprint density at radius 1 is 1.38 bits per heavy atom. The maximum atomic E-state index is 5.98. The van der Waals surface area contributed by atoms with Crippen molar-refractivity contribution in [2.75, 3.05) is 5.73 Å². The number of fused-ring (bicyclic) bond motifs is 1. The van der Waals surface area contributed by atoms with E-state index in [0.717, 1.165) is 15.4 Å². The normalized spacial score (nSPS) is 10.6. The maximum Gasteiger partial charge on any atom is 0.138 e. The lowest BCUT2D eigenvalue weighted by Gasteiger charge is -2.02. The number of halogens is 2. The Morgan fingerprint density at radius 3 is 2.92 bits per heavy atom. The predicted molar refractivity (Wildman–Crippen MR) is 58.9 cm³/mol. The number of anilines is 1. The van der Waals surface area contributed by atoms with Crippen molar-refractivity contribution >= 4 is 44.3 Å². The van der Waals surface area contributed by atoms with Crippen molar-refractivity contribution in [3.05, 3.63) is 33.8 Å². The molecule has 66 valence electrons. The van der Waals surface area contributed by atoms with Crippen molar-refractivity contribution in [3.63, 3.8) is 0 Å². The minimum Gasteiger partial charge on any atom is -0.383 e. The summed E-state index contributed by atoms with van der Waals surface area (Å²) < 4.78 is 0.771. The quantitative estimate of drug-likeness (QED) is 0.787. The minimum atomic E-state index is 0.481. The smallest absolute Gasteiger partial charge is 0.138 e. The van der Waals surface area contributed by atoms with E-state index in [-0.39, 0.29) is 0 Å². The monoisotopic (exact) mass is 256 g/mol. The molecule has 1 aromatic heterocycles. The number of hydrogen-bond donors (Lipinski definition) is 1. The van der Waals surface area contributed by atoms with Crippen LogP contribution >= 0.6 is 27.5 Å². The Bertz CT molecular complexity index is 470. The van der Waals surface area contributed by atoms with Crippen LogP contribution in [0.2, 0.25) is 5.02 Å². The highest BCUT2D eigenvalue weighted by atomic mass is 79.9. The van der Waals surface area contributed by atoms with Crippen LogP contribution < -0.4 is 5.73 Å². The van der Waals surface area contributed by atoms with Gasteiger partial charge >= 0.3 is 0 Å². The summed E-state index contributed by atoms with van der Waals surface area (Å²) in [5.74, 6) is 0.481. The van der Waals surface area contributed by atoms with Gasteiger partial charge in [0.25, 0.3) is 0 Å². The fourth-order valence-electron chi connectivity index (χ4n) is 1.15.